The van der Waals surface area contributed by atoms with Crippen LogP contribution in [0, 0.1) is 0 Å². The summed E-state index contributed by atoms with van der Waals surface area (Å²) >= 11 is 6.46. The van der Waals surface area contributed by atoms with Crippen LogP contribution in [0.1, 0.15) is 57.3 Å². The lowest BCUT2D eigenvalue weighted by Crippen LogP contribution is -2.25. The highest BCUT2D eigenvalue weighted by atomic mass is 35.5. The van der Waals surface area contributed by atoms with Gasteiger partial charge in [0.15, 0.2) is 0 Å². The molecule has 33 heavy (non-hydrogen) atoms. The van der Waals surface area contributed by atoms with Crippen molar-refractivity contribution in [3.63, 3.8) is 0 Å². The number of carbonyl (C=O) groups is 1. The van der Waals surface area contributed by atoms with E-state index >= 15 is 0 Å². The molecule has 2 aromatic rings. The number of anilines is 1. The Hall–Kier alpha value is -2.44. The van der Waals surface area contributed by atoms with Crippen LogP contribution in [0.3, 0.4) is 0 Å². The van der Waals surface area contributed by atoms with Gasteiger partial charge in [-0.25, -0.2) is 0 Å². The van der Waals surface area contributed by atoms with Crippen molar-refractivity contribution in [1.29, 1.82) is 0 Å². The van der Waals surface area contributed by atoms with Crippen molar-refractivity contribution < 1.29 is 23.7 Å². The van der Waals surface area contributed by atoms with E-state index in [1.54, 1.807) is 0 Å². The van der Waals surface area contributed by atoms with E-state index in [-0.39, 0.29) is 24.6 Å². The maximum atomic E-state index is 12.4. The summed E-state index contributed by atoms with van der Waals surface area (Å²) in [6.45, 7) is 7.64. The monoisotopic (exact) mass is 473 g/mol. The number of hydrogen-bond acceptors (Lipinski definition) is 6. The van der Waals surface area contributed by atoms with E-state index in [2.05, 4.69) is 5.32 Å². The third-order valence-electron chi connectivity index (χ3n) is 5.60. The molecule has 0 amide bonds. The van der Waals surface area contributed by atoms with Crippen LogP contribution in [0.4, 0.5) is 5.69 Å². The van der Waals surface area contributed by atoms with Gasteiger partial charge >= 0.3 is 5.97 Å². The summed E-state index contributed by atoms with van der Waals surface area (Å²) in [5.74, 6) is 1.14. The number of benzene rings is 2. The van der Waals surface area contributed by atoms with Gasteiger partial charge < -0.3 is 24.3 Å². The predicted octanol–water partition coefficient (Wildman–Crippen LogP) is 5.72. The lowest BCUT2D eigenvalue weighted by molar-refractivity contribution is -0.153. The molecule has 2 aliphatic rings. The van der Waals surface area contributed by atoms with Gasteiger partial charge in [-0.3, -0.25) is 4.79 Å². The van der Waals surface area contributed by atoms with E-state index < -0.39 is 5.60 Å². The van der Waals surface area contributed by atoms with Crippen LogP contribution in [0.25, 0.3) is 0 Å². The zero-order valence-corrected chi connectivity index (χ0v) is 20.2. The average molecular weight is 474 g/mol. The van der Waals surface area contributed by atoms with Crippen LogP contribution in [0.2, 0.25) is 5.02 Å². The lowest BCUT2D eigenvalue weighted by atomic mass is 10.0. The molecule has 0 aliphatic carbocycles. The van der Waals surface area contributed by atoms with Gasteiger partial charge in [0.05, 0.1) is 24.8 Å². The van der Waals surface area contributed by atoms with Crippen molar-refractivity contribution in [2.24, 2.45) is 0 Å². The topological polar surface area (TPSA) is 66.0 Å². The second-order valence-electron chi connectivity index (χ2n) is 9.50. The first-order chi connectivity index (χ1) is 15.8. The predicted molar refractivity (Wildman–Crippen MR) is 128 cm³/mol. The minimum absolute atomic E-state index is 0.146. The van der Waals surface area contributed by atoms with Crippen molar-refractivity contribution in [2.45, 2.75) is 64.3 Å². The van der Waals surface area contributed by atoms with Crippen molar-refractivity contribution in [2.75, 3.05) is 25.1 Å². The van der Waals surface area contributed by atoms with E-state index in [9.17, 15) is 4.79 Å². The maximum Gasteiger partial charge on any atom is 0.310 e. The Morgan fingerprint density at radius 1 is 1.18 bits per heavy atom. The Kier molecular flexibility index (Phi) is 7.35. The van der Waals surface area contributed by atoms with Crippen molar-refractivity contribution >= 4 is 23.3 Å². The van der Waals surface area contributed by atoms with Crippen LogP contribution < -0.4 is 14.8 Å². The number of para-hydroxylation sites is 1. The largest absolute Gasteiger partial charge is 0.491 e. The molecule has 1 unspecified atom stereocenters. The summed E-state index contributed by atoms with van der Waals surface area (Å²) < 4.78 is 23.7. The molecule has 4 rings (SSSR count). The fourth-order valence-corrected chi connectivity index (χ4v) is 4.40. The maximum absolute atomic E-state index is 12.4. The second-order valence-corrected chi connectivity index (χ2v) is 9.94. The van der Waals surface area contributed by atoms with E-state index in [1.165, 1.54) is 0 Å². The van der Waals surface area contributed by atoms with E-state index in [0.717, 1.165) is 42.0 Å². The van der Waals surface area contributed by atoms with Crippen LogP contribution in [0.5, 0.6) is 11.5 Å². The standard InChI is InChI=1S/C26H32ClNO5/c1-26(2,3)33-24(29)13-17-7-4-5-9-22(17)32-23-10-12-31-25-20(23)14-18(27)15-21(25)28-16-19-8-6-11-30-19/h4-5,7,9,14-15,19,23,28H,6,8,10-13,16H2,1-3H3/t19-,23?/m1/s1. The zero-order chi connectivity index (χ0) is 23.4. The van der Waals surface area contributed by atoms with Crippen LogP contribution in [-0.2, 0) is 20.7 Å². The van der Waals surface area contributed by atoms with E-state index in [1.807, 2.05) is 57.2 Å². The molecule has 6 nitrogen and oxygen atoms in total. The molecule has 0 aromatic heterocycles. The van der Waals surface area contributed by atoms with E-state index in [4.69, 9.17) is 30.5 Å². The Balaban J connectivity index is 1.52. The first kappa shape index (κ1) is 23.7. The normalized spacial score (nSPS) is 20.0. The molecule has 0 radical (unpaired) electrons. The summed E-state index contributed by atoms with van der Waals surface area (Å²) in [7, 11) is 0. The highest BCUT2D eigenvalue weighted by molar-refractivity contribution is 6.31. The number of nitrogens with one attached hydrogen (secondary N) is 1. The molecular weight excluding hydrogens is 442 g/mol. The smallest absolute Gasteiger partial charge is 0.310 e. The number of hydrogen-bond donors (Lipinski definition) is 1. The fourth-order valence-electron chi connectivity index (χ4n) is 4.17. The molecule has 0 saturated carbocycles. The highest BCUT2D eigenvalue weighted by Gasteiger charge is 2.28. The number of esters is 1. The molecule has 0 bridgehead atoms. The van der Waals surface area contributed by atoms with Gasteiger partial charge in [0.1, 0.15) is 23.2 Å². The fraction of sp³-hybridized carbons (Fsp3) is 0.500. The molecule has 7 heteroatoms. The number of rotatable bonds is 7. The molecule has 178 valence electrons. The number of halogens is 1. The van der Waals surface area contributed by atoms with Gasteiger partial charge in [-0.05, 0) is 51.8 Å². The average Bonchev–Trinajstić information content (AvgIpc) is 3.26. The Morgan fingerprint density at radius 3 is 2.76 bits per heavy atom. The molecule has 1 N–H and O–H groups in total. The summed E-state index contributed by atoms with van der Waals surface area (Å²) in [4.78, 5) is 12.4. The first-order valence-corrected chi connectivity index (χ1v) is 11.9. The van der Waals surface area contributed by atoms with Gasteiger partial charge in [0.2, 0.25) is 0 Å². The quantitative estimate of drug-likeness (QED) is 0.519. The van der Waals surface area contributed by atoms with Gasteiger partial charge in [0.25, 0.3) is 0 Å². The molecule has 2 atom stereocenters. The van der Waals surface area contributed by atoms with Crippen molar-refractivity contribution in [3.8, 4) is 11.5 Å². The molecule has 2 aromatic carbocycles. The highest BCUT2D eigenvalue weighted by Crippen LogP contribution is 2.43. The van der Waals surface area contributed by atoms with Crippen LogP contribution >= 0.6 is 11.6 Å². The third-order valence-corrected chi connectivity index (χ3v) is 5.81. The van der Waals surface area contributed by atoms with Gasteiger partial charge in [-0.15, -0.1) is 0 Å². The molecule has 2 aliphatic heterocycles. The minimum Gasteiger partial charge on any atom is -0.491 e. The third kappa shape index (κ3) is 6.33. The molecule has 2 heterocycles. The first-order valence-electron chi connectivity index (χ1n) is 11.6. The van der Waals surface area contributed by atoms with Crippen molar-refractivity contribution in [3.05, 3.63) is 52.5 Å². The van der Waals surface area contributed by atoms with E-state index in [0.29, 0.717) is 30.3 Å². The summed E-state index contributed by atoms with van der Waals surface area (Å²) in [6.07, 6.45) is 2.93. The van der Waals surface area contributed by atoms with Gasteiger partial charge in [-0.1, -0.05) is 29.8 Å². The number of fused-ring (bicyclic) bond motifs is 1. The molecule has 1 fully saturated rings. The summed E-state index contributed by atoms with van der Waals surface area (Å²) in [6, 6.07) is 11.4. The molecule has 0 spiro atoms. The Labute approximate surface area is 200 Å². The van der Waals surface area contributed by atoms with Crippen LogP contribution in [-0.4, -0.2) is 37.4 Å². The Bertz CT molecular complexity index is 981. The lowest BCUT2D eigenvalue weighted by Gasteiger charge is -2.29. The SMILES string of the molecule is CC(C)(C)OC(=O)Cc1ccccc1OC1CCOc2c(NC[C@H]3CCCO3)cc(Cl)cc21. The summed E-state index contributed by atoms with van der Waals surface area (Å²) in [5.41, 5.74) is 2.01. The van der Waals surface area contributed by atoms with Crippen molar-refractivity contribution in [1.82, 2.24) is 0 Å². The zero-order valence-electron chi connectivity index (χ0n) is 19.5. The molecule has 1 saturated heterocycles. The summed E-state index contributed by atoms with van der Waals surface area (Å²) in [5, 5.41) is 4.06. The van der Waals surface area contributed by atoms with Crippen LogP contribution in [0.15, 0.2) is 36.4 Å². The Morgan fingerprint density at radius 2 is 2.00 bits per heavy atom. The second kappa shape index (κ2) is 10.2. The van der Waals surface area contributed by atoms with Gasteiger partial charge in [0, 0.05) is 35.7 Å². The van der Waals surface area contributed by atoms with Gasteiger partial charge in [-0.2, -0.15) is 0 Å². The number of carbonyl (C=O) groups excluding carboxylic acids is 1. The minimum atomic E-state index is -0.532. The molecular formula is C26H32ClNO5. The number of ether oxygens (including phenoxy) is 4.